The molecule has 0 aliphatic rings. The average molecular weight is 143 g/mol. The summed E-state index contributed by atoms with van der Waals surface area (Å²) in [6, 6.07) is 0. The first-order valence-corrected chi connectivity index (χ1v) is 3.73. The summed E-state index contributed by atoms with van der Waals surface area (Å²) in [5.74, 6) is 0.872. The van der Waals surface area contributed by atoms with Crippen LogP contribution in [0.4, 0.5) is 0 Å². The van der Waals surface area contributed by atoms with Gasteiger partial charge < -0.3 is 10.5 Å². The van der Waals surface area contributed by atoms with Gasteiger partial charge in [0.2, 0.25) is 0 Å². The Morgan fingerprint density at radius 3 is 2.60 bits per heavy atom. The Labute approximate surface area is 63.1 Å². The molecule has 0 fully saturated rings. The lowest BCUT2D eigenvalue weighted by Crippen LogP contribution is -1.97. The van der Waals surface area contributed by atoms with Gasteiger partial charge >= 0.3 is 0 Å². The fraction of sp³-hybridized carbons (Fsp3) is 0.750. The maximum atomic E-state index is 5.32. The van der Waals surface area contributed by atoms with Crippen LogP contribution in [0.1, 0.15) is 25.7 Å². The molecule has 0 spiro atoms. The summed E-state index contributed by atoms with van der Waals surface area (Å²) < 4.78 is 4.90. The van der Waals surface area contributed by atoms with Crippen molar-refractivity contribution in [3.05, 3.63) is 12.3 Å². The summed E-state index contributed by atoms with van der Waals surface area (Å²) in [6.07, 6.45) is 4.40. The van der Waals surface area contributed by atoms with Crippen molar-refractivity contribution in [3.8, 4) is 0 Å². The highest BCUT2D eigenvalue weighted by atomic mass is 16.5. The highest BCUT2D eigenvalue weighted by Gasteiger charge is 1.91. The molecule has 0 aromatic carbocycles. The number of rotatable bonds is 6. The van der Waals surface area contributed by atoms with Crippen LogP contribution in [0.5, 0.6) is 0 Å². The van der Waals surface area contributed by atoms with E-state index in [0.717, 1.165) is 31.6 Å². The van der Waals surface area contributed by atoms with Crippen LogP contribution >= 0.6 is 0 Å². The zero-order valence-corrected chi connectivity index (χ0v) is 6.73. The lowest BCUT2D eigenvalue weighted by atomic mass is 10.2. The molecule has 0 saturated carbocycles. The molecule has 2 N–H and O–H groups in total. The van der Waals surface area contributed by atoms with Crippen LogP contribution in [0, 0.1) is 0 Å². The lowest BCUT2D eigenvalue weighted by molar-refractivity contribution is 0.276. The molecule has 0 aliphatic heterocycles. The molecule has 0 atom stereocenters. The second-order valence-corrected chi connectivity index (χ2v) is 2.34. The van der Waals surface area contributed by atoms with E-state index in [0.29, 0.717) is 0 Å². The molecule has 0 aromatic heterocycles. The Balaban J connectivity index is 2.96. The van der Waals surface area contributed by atoms with Crippen molar-refractivity contribution < 1.29 is 4.74 Å². The molecule has 0 bridgehead atoms. The van der Waals surface area contributed by atoms with Crippen LogP contribution in [-0.4, -0.2) is 13.7 Å². The summed E-state index contributed by atoms with van der Waals surface area (Å²) in [7, 11) is 1.66. The largest absolute Gasteiger partial charge is 0.502 e. The van der Waals surface area contributed by atoms with E-state index < -0.39 is 0 Å². The van der Waals surface area contributed by atoms with E-state index in [4.69, 9.17) is 10.5 Å². The van der Waals surface area contributed by atoms with Crippen LogP contribution in [0.2, 0.25) is 0 Å². The van der Waals surface area contributed by atoms with Crippen molar-refractivity contribution in [2.24, 2.45) is 5.73 Å². The molecule has 2 nitrogen and oxygen atoms in total. The Morgan fingerprint density at radius 1 is 1.40 bits per heavy atom. The molecule has 0 amide bonds. The second-order valence-electron chi connectivity index (χ2n) is 2.34. The summed E-state index contributed by atoms with van der Waals surface area (Å²) >= 11 is 0. The lowest BCUT2D eigenvalue weighted by Gasteiger charge is -2.02. The predicted molar refractivity (Wildman–Crippen MR) is 43.7 cm³/mol. The number of nitrogens with two attached hydrogens (primary N) is 1. The number of hydrogen-bond donors (Lipinski definition) is 1. The van der Waals surface area contributed by atoms with E-state index in [-0.39, 0.29) is 0 Å². The summed E-state index contributed by atoms with van der Waals surface area (Å²) in [5.41, 5.74) is 5.32. The molecule has 60 valence electrons. The smallest absolute Gasteiger partial charge is 0.0883 e. The zero-order valence-electron chi connectivity index (χ0n) is 6.73. The molecule has 0 unspecified atom stereocenters. The first-order valence-electron chi connectivity index (χ1n) is 3.73. The van der Waals surface area contributed by atoms with E-state index in [1.54, 1.807) is 7.11 Å². The second kappa shape index (κ2) is 6.62. The van der Waals surface area contributed by atoms with Gasteiger partial charge in [-0.25, -0.2) is 0 Å². The summed E-state index contributed by atoms with van der Waals surface area (Å²) in [5, 5.41) is 0. The Hall–Kier alpha value is -0.500. The van der Waals surface area contributed by atoms with Gasteiger partial charge in [-0.05, 0) is 19.4 Å². The van der Waals surface area contributed by atoms with Crippen molar-refractivity contribution in [1.29, 1.82) is 0 Å². The maximum Gasteiger partial charge on any atom is 0.0883 e. The van der Waals surface area contributed by atoms with Crippen LogP contribution in [-0.2, 0) is 4.74 Å². The molecule has 0 aromatic rings. The van der Waals surface area contributed by atoms with E-state index >= 15 is 0 Å². The summed E-state index contributed by atoms with van der Waals surface area (Å²) in [4.78, 5) is 0. The van der Waals surface area contributed by atoms with Gasteiger partial charge in [0.05, 0.1) is 12.9 Å². The molecule has 2 heteroatoms. The number of unbranched alkanes of at least 4 members (excludes halogenated alkanes) is 2. The fourth-order valence-electron chi connectivity index (χ4n) is 0.745. The predicted octanol–water partition coefficient (Wildman–Crippen LogP) is 1.67. The molecule has 0 saturated heterocycles. The Bertz CT molecular complexity index is 91.3. The van der Waals surface area contributed by atoms with Gasteiger partial charge in [0.1, 0.15) is 0 Å². The van der Waals surface area contributed by atoms with Crippen molar-refractivity contribution >= 4 is 0 Å². The number of hydrogen-bond acceptors (Lipinski definition) is 2. The molecule has 10 heavy (non-hydrogen) atoms. The van der Waals surface area contributed by atoms with Gasteiger partial charge in [-0.15, -0.1) is 0 Å². The van der Waals surface area contributed by atoms with Gasteiger partial charge in [-0.3, -0.25) is 0 Å². The van der Waals surface area contributed by atoms with Gasteiger partial charge in [-0.1, -0.05) is 13.0 Å². The molecular formula is C8H17NO. The van der Waals surface area contributed by atoms with Gasteiger partial charge in [0.25, 0.3) is 0 Å². The van der Waals surface area contributed by atoms with Gasteiger partial charge in [0, 0.05) is 6.42 Å². The quantitative estimate of drug-likeness (QED) is 0.453. The third-order valence-electron chi connectivity index (χ3n) is 1.45. The highest BCUT2D eigenvalue weighted by Crippen LogP contribution is 2.06. The SMILES string of the molecule is C=C(CCCCCN)OC. The van der Waals surface area contributed by atoms with Crippen molar-refractivity contribution in [3.63, 3.8) is 0 Å². The molecule has 0 rings (SSSR count). The first kappa shape index (κ1) is 9.50. The molecular weight excluding hydrogens is 126 g/mol. The van der Waals surface area contributed by atoms with E-state index in [9.17, 15) is 0 Å². The highest BCUT2D eigenvalue weighted by molar-refractivity contribution is 4.80. The van der Waals surface area contributed by atoms with Gasteiger partial charge in [0.15, 0.2) is 0 Å². The maximum absolute atomic E-state index is 5.32. The Morgan fingerprint density at radius 2 is 2.10 bits per heavy atom. The van der Waals surface area contributed by atoms with Crippen LogP contribution in [0.15, 0.2) is 12.3 Å². The number of allylic oxidation sites excluding steroid dienone is 1. The summed E-state index contributed by atoms with van der Waals surface area (Å²) in [6.45, 7) is 4.51. The molecule has 0 aliphatic carbocycles. The topological polar surface area (TPSA) is 35.2 Å². The minimum Gasteiger partial charge on any atom is -0.502 e. The average Bonchev–Trinajstić information content (AvgIpc) is 1.98. The van der Waals surface area contributed by atoms with Crippen molar-refractivity contribution in [2.75, 3.05) is 13.7 Å². The van der Waals surface area contributed by atoms with Crippen LogP contribution in [0.3, 0.4) is 0 Å². The molecule has 0 radical (unpaired) electrons. The zero-order chi connectivity index (χ0) is 7.82. The van der Waals surface area contributed by atoms with E-state index in [1.165, 1.54) is 6.42 Å². The van der Waals surface area contributed by atoms with E-state index in [2.05, 4.69) is 6.58 Å². The third-order valence-corrected chi connectivity index (χ3v) is 1.45. The van der Waals surface area contributed by atoms with Crippen molar-refractivity contribution in [2.45, 2.75) is 25.7 Å². The first-order chi connectivity index (χ1) is 4.81. The van der Waals surface area contributed by atoms with E-state index in [1.807, 2.05) is 0 Å². The minimum absolute atomic E-state index is 0.791. The normalized spacial score (nSPS) is 9.40. The fourth-order valence-corrected chi connectivity index (χ4v) is 0.745. The standard InChI is InChI=1S/C8H17NO/c1-8(10-2)6-4-3-5-7-9/h1,3-7,9H2,2H3. The third kappa shape index (κ3) is 5.63. The van der Waals surface area contributed by atoms with Gasteiger partial charge in [-0.2, -0.15) is 0 Å². The monoisotopic (exact) mass is 143 g/mol. The number of ether oxygens (including phenoxy) is 1. The van der Waals surface area contributed by atoms with Crippen LogP contribution < -0.4 is 5.73 Å². The molecule has 0 heterocycles. The Kier molecular flexibility index (Phi) is 6.29. The number of methoxy groups -OCH3 is 1. The van der Waals surface area contributed by atoms with Crippen LogP contribution in [0.25, 0.3) is 0 Å². The van der Waals surface area contributed by atoms with Crippen molar-refractivity contribution in [1.82, 2.24) is 0 Å². The minimum atomic E-state index is 0.791.